The summed E-state index contributed by atoms with van der Waals surface area (Å²) in [6.45, 7) is 6.95. The molecule has 0 spiro atoms. The van der Waals surface area contributed by atoms with Gasteiger partial charge in [-0.2, -0.15) is 0 Å². The number of amides is 1. The van der Waals surface area contributed by atoms with Gasteiger partial charge in [-0.3, -0.25) is 0 Å². The highest BCUT2D eigenvalue weighted by Gasteiger charge is 2.60. The van der Waals surface area contributed by atoms with Crippen LogP contribution in [0.25, 0.3) is 0 Å². The maximum atomic E-state index is 12.1. The van der Waals surface area contributed by atoms with Crippen LogP contribution in [0.1, 0.15) is 32.8 Å². The first kappa shape index (κ1) is 13.4. The topological polar surface area (TPSA) is 42.1 Å². The fourth-order valence-corrected chi connectivity index (χ4v) is 2.83. The number of carbonyl (C=O) groups excluding carboxylic acids is 1. The molecule has 0 aliphatic carbocycles. The van der Waals surface area contributed by atoms with E-state index in [-0.39, 0.29) is 17.8 Å². The van der Waals surface area contributed by atoms with Gasteiger partial charge in [0, 0.05) is 13.0 Å². The highest BCUT2D eigenvalue weighted by atomic mass is 16.6. The van der Waals surface area contributed by atoms with Crippen molar-refractivity contribution in [1.82, 2.24) is 4.90 Å². The largest absolute Gasteiger partial charge is 0.444 e. The van der Waals surface area contributed by atoms with Crippen molar-refractivity contribution < 1.29 is 14.3 Å². The normalized spacial score (nSPS) is 28.8. The van der Waals surface area contributed by atoms with Crippen molar-refractivity contribution in [1.29, 1.82) is 0 Å². The number of piperidine rings is 1. The minimum absolute atomic E-state index is 0.103. The van der Waals surface area contributed by atoms with Crippen molar-refractivity contribution in [2.75, 3.05) is 13.1 Å². The smallest absolute Gasteiger partial charge is 0.410 e. The molecule has 0 radical (unpaired) electrons. The molecule has 0 saturated carbocycles. The molecule has 2 atom stereocenters. The van der Waals surface area contributed by atoms with Crippen LogP contribution in [0.5, 0.6) is 0 Å². The van der Waals surface area contributed by atoms with Gasteiger partial charge < -0.3 is 14.4 Å². The molecule has 108 valence electrons. The summed E-state index contributed by atoms with van der Waals surface area (Å²) >= 11 is 0. The zero-order chi connectivity index (χ0) is 14.4. The zero-order valence-electron chi connectivity index (χ0n) is 12.3. The summed E-state index contributed by atoms with van der Waals surface area (Å²) in [6.07, 6.45) is 0.696. The van der Waals surface area contributed by atoms with Gasteiger partial charge in [0.1, 0.15) is 17.3 Å². The molecular formula is C16H21NO3. The van der Waals surface area contributed by atoms with Gasteiger partial charge in [-0.25, -0.2) is 4.79 Å². The number of epoxide rings is 1. The fourth-order valence-electron chi connectivity index (χ4n) is 2.83. The van der Waals surface area contributed by atoms with Crippen LogP contribution >= 0.6 is 0 Å². The predicted octanol–water partition coefficient (Wildman–Crippen LogP) is 2.92. The van der Waals surface area contributed by atoms with E-state index in [1.54, 1.807) is 4.90 Å². The third kappa shape index (κ3) is 2.40. The number of nitrogens with zero attached hydrogens (tertiary/aromatic N) is 1. The van der Waals surface area contributed by atoms with Gasteiger partial charge in [-0.1, -0.05) is 30.3 Å². The zero-order valence-corrected chi connectivity index (χ0v) is 12.3. The molecule has 2 saturated heterocycles. The first-order valence-electron chi connectivity index (χ1n) is 7.12. The lowest BCUT2D eigenvalue weighted by molar-refractivity contribution is 0.0217. The average molecular weight is 275 g/mol. The number of likely N-dealkylation sites (tertiary alicyclic amines) is 1. The van der Waals surface area contributed by atoms with Crippen LogP contribution in [0, 0.1) is 0 Å². The van der Waals surface area contributed by atoms with Gasteiger partial charge in [-0.05, 0) is 26.3 Å². The van der Waals surface area contributed by atoms with Crippen molar-refractivity contribution in [2.45, 2.75) is 44.5 Å². The number of hydrogen-bond acceptors (Lipinski definition) is 3. The molecule has 0 aromatic heterocycles. The maximum Gasteiger partial charge on any atom is 0.410 e. The molecule has 4 heteroatoms. The molecule has 2 aliphatic heterocycles. The third-order valence-electron chi connectivity index (χ3n) is 3.87. The Labute approximate surface area is 119 Å². The Balaban J connectivity index is 1.65. The minimum atomic E-state index is -0.449. The molecule has 0 unspecified atom stereocenters. The SMILES string of the molecule is CC(C)(C)OC(=O)N1CC[C@]2(c3ccccc3)O[C@H]2C1. The van der Waals surface area contributed by atoms with Gasteiger partial charge in [0.25, 0.3) is 0 Å². The predicted molar refractivity (Wildman–Crippen MR) is 75.4 cm³/mol. The molecule has 0 N–H and O–H groups in total. The van der Waals surface area contributed by atoms with Crippen molar-refractivity contribution in [3.63, 3.8) is 0 Å². The monoisotopic (exact) mass is 275 g/mol. The quantitative estimate of drug-likeness (QED) is 0.740. The van der Waals surface area contributed by atoms with Gasteiger partial charge in [0.15, 0.2) is 0 Å². The van der Waals surface area contributed by atoms with Gasteiger partial charge in [0.2, 0.25) is 0 Å². The number of rotatable bonds is 1. The van der Waals surface area contributed by atoms with Crippen molar-refractivity contribution in [3.05, 3.63) is 35.9 Å². The second-order valence-corrected chi connectivity index (χ2v) is 6.54. The molecule has 1 amide bonds. The lowest BCUT2D eigenvalue weighted by Crippen LogP contribution is -2.44. The van der Waals surface area contributed by atoms with E-state index >= 15 is 0 Å². The van der Waals surface area contributed by atoms with Crippen LogP contribution in [-0.2, 0) is 15.1 Å². The lowest BCUT2D eigenvalue weighted by atomic mass is 9.89. The highest BCUT2D eigenvalue weighted by Crippen LogP contribution is 2.51. The van der Waals surface area contributed by atoms with Crippen LogP contribution in [0.2, 0.25) is 0 Å². The molecule has 2 heterocycles. The van der Waals surface area contributed by atoms with E-state index in [0.29, 0.717) is 13.1 Å². The molecule has 2 fully saturated rings. The number of benzene rings is 1. The molecule has 4 nitrogen and oxygen atoms in total. The Morgan fingerprint density at radius 1 is 1.35 bits per heavy atom. The van der Waals surface area contributed by atoms with Crippen molar-refractivity contribution in [3.8, 4) is 0 Å². The summed E-state index contributed by atoms with van der Waals surface area (Å²) in [7, 11) is 0. The standard InChI is InChI=1S/C16H21NO3/c1-15(2,3)20-14(18)17-10-9-16(13(11-17)19-16)12-7-5-4-6-8-12/h4-8,13H,9-11H2,1-3H3/t13-,16+/m0/s1. The van der Waals surface area contributed by atoms with Crippen LogP contribution in [-0.4, -0.2) is 35.8 Å². The van der Waals surface area contributed by atoms with Crippen LogP contribution in [0.15, 0.2) is 30.3 Å². The van der Waals surface area contributed by atoms with E-state index < -0.39 is 5.60 Å². The first-order valence-corrected chi connectivity index (χ1v) is 7.12. The molecule has 1 aromatic rings. The number of ether oxygens (including phenoxy) is 2. The number of hydrogen-bond donors (Lipinski definition) is 0. The molecule has 3 rings (SSSR count). The van der Waals surface area contributed by atoms with Gasteiger partial charge in [0.05, 0.1) is 6.54 Å². The Hall–Kier alpha value is -1.55. The van der Waals surface area contributed by atoms with Crippen LogP contribution < -0.4 is 0 Å². The Bertz CT molecular complexity index is 508. The molecule has 20 heavy (non-hydrogen) atoms. The Morgan fingerprint density at radius 2 is 2.05 bits per heavy atom. The highest BCUT2D eigenvalue weighted by molar-refractivity contribution is 5.68. The van der Waals surface area contributed by atoms with Gasteiger partial charge >= 0.3 is 6.09 Å². The second-order valence-electron chi connectivity index (χ2n) is 6.54. The summed E-state index contributed by atoms with van der Waals surface area (Å²) in [6, 6.07) is 10.3. The number of carbonyl (C=O) groups is 1. The second kappa shape index (κ2) is 4.48. The van der Waals surface area contributed by atoms with Gasteiger partial charge in [-0.15, -0.1) is 0 Å². The molecule has 0 bridgehead atoms. The van der Waals surface area contributed by atoms with Crippen molar-refractivity contribution >= 4 is 6.09 Å². The summed E-state index contributed by atoms with van der Waals surface area (Å²) in [4.78, 5) is 13.8. The summed E-state index contributed by atoms with van der Waals surface area (Å²) in [5.74, 6) is 0. The van der Waals surface area contributed by atoms with E-state index in [4.69, 9.17) is 9.47 Å². The van der Waals surface area contributed by atoms with E-state index in [2.05, 4.69) is 12.1 Å². The van der Waals surface area contributed by atoms with Crippen LogP contribution in [0.4, 0.5) is 4.79 Å². The minimum Gasteiger partial charge on any atom is -0.444 e. The van der Waals surface area contributed by atoms with Crippen molar-refractivity contribution in [2.24, 2.45) is 0 Å². The maximum absolute atomic E-state index is 12.1. The summed E-state index contributed by atoms with van der Waals surface area (Å²) < 4.78 is 11.3. The molecular weight excluding hydrogens is 254 g/mol. The first-order chi connectivity index (χ1) is 9.41. The van der Waals surface area contributed by atoms with E-state index in [0.717, 1.165) is 6.42 Å². The lowest BCUT2D eigenvalue weighted by Gasteiger charge is -2.31. The molecule has 2 aliphatic rings. The molecule has 1 aromatic carbocycles. The summed E-state index contributed by atoms with van der Waals surface area (Å²) in [5.41, 5.74) is 0.601. The average Bonchev–Trinajstić information content (AvgIpc) is 3.12. The van der Waals surface area contributed by atoms with E-state index in [1.807, 2.05) is 39.0 Å². The van der Waals surface area contributed by atoms with Crippen LogP contribution in [0.3, 0.4) is 0 Å². The fraction of sp³-hybridized carbons (Fsp3) is 0.562. The number of fused-ring (bicyclic) bond motifs is 1. The Morgan fingerprint density at radius 3 is 2.65 bits per heavy atom. The Kier molecular flexibility index (Phi) is 3.01. The van der Waals surface area contributed by atoms with E-state index in [9.17, 15) is 4.79 Å². The third-order valence-corrected chi connectivity index (χ3v) is 3.87. The summed E-state index contributed by atoms with van der Waals surface area (Å²) in [5, 5.41) is 0. The van der Waals surface area contributed by atoms with E-state index in [1.165, 1.54) is 5.56 Å².